The molecule has 0 aromatic heterocycles. The standard InChI is InChI=1S/C13H12F2N2O2S/c14-10-3-1-9(2-4-10)8-20(18,19)17-11-5-6-12(15)13(16)7-11/h1-7,17H,8,16H2. The molecule has 0 saturated heterocycles. The first-order chi connectivity index (χ1) is 9.35. The molecule has 106 valence electrons. The normalized spacial score (nSPS) is 11.3. The van der Waals surface area contributed by atoms with Crippen LogP contribution in [0.3, 0.4) is 0 Å². The van der Waals surface area contributed by atoms with Gasteiger partial charge in [0.05, 0.1) is 17.1 Å². The highest BCUT2D eigenvalue weighted by Crippen LogP contribution is 2.18. The van der Waals surface area contributed by atoms with Gasteiger partial charge in [-0.15, -0.1) is 0 Å². The van der Waals surface area contributed by atoms with Gasteiger partial charge in [-0.1, -0.05) is 12.1 Å². The first-order valence-electron chi connectivity index (χ1n) is 5.66. The van der Waals surface area contributed by atoms with Crippen molar-refractivity contribution < 1.29 is 17.2 Å². The van der Waals surface area contributed by atoms with E-state index < -0.39 is 21.7 Å². The molecule has 0 unspecified atom stereocenters. The average Bonchev–Trinajstić information content (AvgIpc) is 2.36. The minimum atomic E-state index is -3.68. The van der Waals surface area contributed by atoms with Crippen LogP contribution in [0, 0.1) is 11.6 Å². The Hall–Kier alpha value is -2.15. The summed E-state index contributed by atoms with van der Waals surface area (Å²) in [6.45, 7) is 0. The lowest BCUT2D eigenvalue weighted by Crippen LogP contribution is -2.15. The topological polar surface area (TPSA) is 72.2 Å². The third-order valence-electron chi connectivity index (χ3n) is 2.54. The summed E-state index contributed by atoms with van der Waals surface area (Å²) in [6, 6.07) is 8.67. The predicted molar refractivity (Wildman–Crippen MR) is 73.5 cm³/mol. The summed E-state index contributed by atoms with van der Waals surface area (Å²) in [5.74, 6) is -1.37. The van der Waals surface area contributed by atoms with Crippen LogP contribution in [0.25, 0.3) is 0 Å². The van der Waals surface area contributed by atoms with E-state index in [1.165, 1.54) is 36.4 Å². The molecule has 4 nitrogen and oxygen atoms in total. The molecule has 3 N–H and O–H groups in total. The van der Waals surface area contributed by atoms with Crippen molar-refractivity contribution in [2.24, 2.45) is 0 Å². The number of nitrogens with one attached hydrogen (secondary N) is 1. The first-order valence-corrected chi connectivity index (χ1v) is 7.31. The molecule has 0 bridgehead atoms. The Bertz CT molecular complexity index is 716. The van der Waals surface area contributed by atoms with Crippen LogP contribution < -0.4 is 10.5 Å². The minimum absolute atomic E-state index is 0.146. The maximum Gasteiger partial charge on any atom is 0.236 e. The second-order valence-corrected chi connectivity index (χ2v) is 5.95. The summed E-state index contributed by atoms with van der Waals surface area (Å²) in [4.78, 5) is 0. The van der Waals surface area contributed by atoms with Crippen LogP contribution in [0.5, 0.6) is 0 Å². The molecule has 0 heterocycles. The van der Waals surface area contributed by atoms with Gasteiger partial charge in [0.1, 0.15) is 11.6 Å². The largest absolute Gasteiger partial charge is 0.396 e. The fourth-order valence-corrected chi connectivity index (χ4v) is 2.81. The molecular weight excluding hydrogens is 286 g/mol. The Morgan fingerprint density at radius 3 is 2.30 bits per heavy atom. The lowest BCUT2D eigenvalue weighted by molar-refractivity contribution is 0.599. The lowest BCUT2D eigenvalue weighted by atomic mass is 10.2. The SMILES string of the molecule is Nc1cc(NS(=O)(=O)Cc2ccc(F)cc2)ccc1F. The summed E-state index contributed by atoms with van der Waals surface area (Å²) >= 11 is 0. The van der Waals surface area contributed by atoms with Crippen LogP contribution in [0.1, 0.15) is 5.56 Å². The number of benzene rings is 2. The molecule has 2 aromatic carbocycles. The Labute approximate surface area is 115 Å². The molecule has 2 rings (SSSR count). The Kier molecular flexibility index (Phi) is 3.89. The first kappa shape index (κ1) is 14.3. The van der Waals surface area contributed by atoms with Crippen molar-refractivity contribution in [3.63, 3.8) is 0 Å². The molecule has 0 atom stereocenters. The highest BCUT2D eigenvalue weighted by Gasteiger charge is 2.12. The van der Waals surface area contributed by atoms with E-state index in [1.807, 2.05) is 0 Å². The maximum absolute atomic E-state index is 13.0. The number of nitrogens with two attached hydrogens (primary N) is 1. The highest BCUT2D eigenvalue weighted by atomic mass is 32.2. The van der Waals surface area contributed by atoms with E-state index in [-0.39, 0.29) is 17.1 Å². The fourth-order valence-electron chi connectivity index (χ4n) is 1.62. The van der Waals surface area contributed by atoms with Gasteiger partial charge in [0.15, 0.2) is 0 Å². The molecule has 0 aliphatic carbocycles. The van der Waals surface area contributed by atoms with Crippen LogP contribution >= 0.6 is 0 Å². The lowest BCUT2D eigenvalue weighted by Gasteiger charge is -2.09. The molecular formula is C13H12F2N2O2S. The summed E-state index contributed by atoms with van der Waals surface area (Å²) in [6.07, 6.45) is 0. The van der Waals surface area contributed by atoms with Crippen LogP contribution in [0.15, 0.2) is 42.5 Å². The summed E-state index contributed by atoms with van der Waals surface area (Å²) in [5.41, 5.74) is 5.82. The molecule has 2 aromatic rings. The van der Waals surface area contributed by atoms with Gasteiger partial charge in [-0.3, -0.25) is 4.72 Å². The van der Waals surface area contributed by atoms with Gasteiger partial charge in [0.2, 0.25) is 10.0 Å². The van der Waals surface area contributed by atoms with Gasteiger partial charge in [-0.05, 0) is 35.9 Å². The molecule has 0 amide bonds. The minimum Gasteiger partial charge on any atom is -0.396 e. The second kappa shape index (κ2) is 5.46. The van der Waals surface area contributed by atoms with Gasteiger partial charge in [-0.25, -0.2) is 17.2 Å². The summed E-state index contributed by atoms with van der Waals surface area (Å²) in [7, 11) is -3.68. The molecule has 0 aliphatic heterocycles. The average molecular weight is 298 g/mol. The highest BCUT2D eigenvalue weighted by molar-refractivity contribution is 7.91. The van der Waals surface area contributed by atoms with Crippen LogP contribution in [-0.4, -0.2) is 8.42 Å². The maximum atomic E-state index is 13.0. The number of hydrogen-bond donors (Lipinski definition) is 2. The molecule has 0 aliphatic rings. The predicted octanol–water partition coefficient (Wildman–Crippen LogP) is 2.49. The van der Waals surface area contributed by atoms with Crippen molar-refractivity contribution in [1.82, 2.24) is 0 Å². The number of sulfonamides is 1. The van der Waals surface area contributed by atoms with Crippen LogP contribution in [0.4, 0.5) is 20.2 Å². The van der Waals surface area contributed by atoms with E-state index in [0.29, 0.717) is 5.56 Å². The van der Waals surface area contributed by atoms with Gasteiger partial charge < -0.3 is 5.73 Å². The molecule has 0 fully saturated rings. The van der Waals surface area contributed by atoms with Crippen molar-refractivity contribution >= 4 is 21.4 Å². The summed E-state index contributed by atoms with van der Waals surface area (Å²) < 4.78 is 51.8. The Morgan fingerprint density at radius 1 is 1.05 bits per heavy atom. The van der Waals surface area contributed by atoms with Gasteiger partial charge in [0.25, 0.3) is 0 Å². The van der Waals surface area contributed by atoms with E-state index in [1.54, 1.807) is 0 Å². The van der Waals surface area contributed by atoms with E-state index in [9.17, 15) is 17.2 Å². The zero-order valence-corrected chi connectivity index (χ0v) is 11.1. The number of hydrogen-bond acceptors (Lipinski definition) is 3. The molecule has 0 radical (unpaired) electrons. The van der Waals surface area contributed by atoms with Gasteiger partial charge in [-0.2, -0.15) is 0 Å². The smallest absolute Gasteiger partial charge is 0.236 e. The van der Waals surface area contributed by atoms with Crippen molar-refractivity contribution in [1.29, 1.82) is 0 Å². The van der Waals surface area contributed by atoms with Crippen LogP contribution in [-0.2, 0) is 15.8 Å². The Balaban J connectivity index is 2.14. The summed E-state index contributed by atoms with van der Waals surface area (Å²) in [5, 5.41) is 0. The molecule has 0 spiro atoms. The Morgan fingerprint density at radius 2 is 1.70 bits per heavy atom. The zero-order valence-electron chi connectivity index (χ0n) is 10.3. The number of anilines is 2. The second-order valence-electron chi connectivity index (χ2n) is 4.22. The van der Waals surface area contributed by atoms with E-state index in [2.05, 4.69) is 4.72 Å². The zero-order chi connectivity index (χ0) is 14.8. The number of rotatable bonds is 4. The van der Waals surface area contributed by atoms with Crippen molar-refractivity contribution in [3.05, 3.63) is 59.7 Å². The molecule has 20 heavy (non-hydrogen) atoms. The van der Waals surface area contributed by atoms with E-state index >= 15 is 0 Å². The van der Waals surface area contributed by atoms with Crippen molar-refractivity contribution in [2.75, 3.05) is 10.5 Å². The van der Waals surface area contributed by atoms with Crippen molar-refractivity contribution in [2.45, 2.75) is 5.75 Å². The number of nitrogen functional groups attached to an aromatic ring is 1. The van der Waals surface area contributed by atoms with E-state index in [0.717, 1.165) is 6.07 Å². The van der Waals surface area contributed by atoms with Gasteiger partial charge in [0, 0.05) is 0 Å². The quantitative estimate of drug-likeness (QED) is 0.852. The monoisotopic (exact) mass is 298 g/mol. The van der Waals surface area contributed by atoms with E-state index in [4.69, 9.17) is 5.73 Å². The molecule has 7 heteroatoms. The molecule has 0 saturated carbocycles. The third kappa shape index (κ3) is 3.67. The van der Waals surface area contributed by atoms with Crippen molar-refractivity contribution in [3.8, 4) is 0 Å². The van der Waals surface area contributed by atoms with Gasteiger partial charge >= 0.3 is 0 Å². The fraction of sp³-hybridized carbons (Fsp3) is 0.0769. The third-order valence-corrected chi connectivity index (χ3v) is 3.80. The van der Waals surface area contributed by atoms with Crippen LogP contribution in [0.2, 0.25) is 0 Å². The number of halogens is 2.